The fourth-order valence-electron chi connectivity index (χ4n) is 1.32. The summed E-state index contributed by atoms with van der Waals surface area (Å²) in [4.78, 5) is 25.0. The monoisotopic (exact) mass is 193 g/mol. The first-order valence-electron chi connectivity index (χ1n) is 4.67. The molecule has 1 aliphatic rings. The van der Waals surface area contributed by atoms with Crippen LogP contribution in [0.1, 0.15) is 19.3 Å². The number of hydrogen-bond acceptors (Lipinski definition) is 3. The number of nitrogens with one attached hydrogen (secondary N) is 1. The molecule has 0 radical (unpaired) electrons. The van der Waals surface area contributed by atoms with E-state index in [4.69, 9.17) is 4.74 Å². The van der Waals surface area contributed by atoms with Crippen molar-refractivity contribution in [2.75, 3.05) is 0 Å². The van der Waals surface area contributed by atoms with Gasteiger partial charge in [0.25, 0.3) is 5.56 Å². The predicted octanol–water partition coefficient (Wildman–Crippen LogP) is 1.08. The normalized spacial score (nSPS) is 16.0. The number of rotatable bonds is 2. The zero-order chi connectivity index (χ0) is 9.97. The highest BCUT2D eigenvalue weighted by molar-refractivity contribution is 5.75. The molecule has 0 aliphatic heterocycles. The Labute approximate surface area is 80.9 Å². The summed E-state index contributed by atoms with van der Waals surface area (Å²) in [6.07, 6.45) is 4.33. The van der Waals surface area contributed by atoms with E-state index in [1.807, 2.05) is 0 Å². The van der Waals surface area contributed by atoms with Gasteiger partial charge in [-0.2, -0.15) is 0 Å². The molecule has 0 atom stereocenters. The van der Waals surface area contributed by atoms with Crippen LogP contribution in [0.4, 0.5) is 0 Å². The van der Waals surface area contributed by atoms with Crippen LogP contribution >= 0.6 is 0 Å². The molecule has 1 fully saturated rings. The van der Waals surface area contributed by atoms with E-state index < -0.39 is 0 Å². The molecule has 0 bridgehead atoms. The van der Waals surface area contributed by atoms with Crippen LogP contribution in [0.2, 0.25) is 0 Å². The summed E-state index contributed by atoms with van der Waals surface area (Å²) in [7, 11) is 0. The summed E-state index contributed by atoms with van der Waals surface area (Å²) < 4.78 is 4.97. The number of aromatic amines is 1. The lowest BCUT2D eigenvalue weighted by Crippen LogP contribution is -2.28. The summed E-state index contributed by atoms with van der Waals surface area (Å²) in [5.41, 5.74) is -0.361. The number of hydrogen-bond donors (Lipinski definition) is 1. The van der Waals surface area contributed by atoms with Gasteiger partial charge in [-0.3, -0.25) is 9.59 Å². The van der Waals surface area contributed by atoms with Crippen LogP contribution in [0.15, 0.2) is 23.1 Å². The van der Waals surface area contributed by atoms with Crippen LogP contribution in [-0.4, -0.2) is 11.0 Å². The number of H-pyrrole nitrogens is 1. The van der Waals surface area contributed by atoms with Crippen molar-refractivity contribution in [3.8, 4) is 5.75 Å². The van der Waals surface area contributed by atoms with Crippen molar-refractivity contribution >= 4 is 5.97 Å². The topological polar surface area (TPSA) is 59.2 Å². The van der Waals surface area contributed by atoms with Gasteiger partial charge in [-0.15, -0.1) is 0 Å². The van der Waals surface area contributed by atoms with Crippen LogP contribution in [0.25, 0.3) is 0 Å². The molecule has 1 N–H and O–H groups in total. The van der Waals surface area contributed by atoms with E-state index in [2.05, 4.69) is 4.98 Å². The summed E-state index contributed by atoms with van der Waals surface area (Å²) in [5, 5.41) is 0. The molecule has 0 amide bonds. The Morgan fingerprint density at radius 1 is 1.50 bits per heavy atom. The number of carbonyl (C=O) groups is 1. The average molecular weight is 193 g/mol. The first kappa shape index (κ1) is 8.99. The Bertz CT molecular complexity index is 392. The zero-order valence-corrected chi connectivity index (χ0v) is 7.66. The van der Waals surface area contributed by atoms with Crippen LogP contribution in [0, 0.1) is 5.92 Å². The van der Waals surface area contributed by atoms with E-state index in [0.29, 0.717) is 0 Å². The molecule has 2 rings (SSSR count). The minimum Gasteiger partial charge on any atom is -0.420 e. The van der Waals surface area contributed by atoms with Crippen LogP contribution in [0.3, 0.4) is 0 Å². The highest BCUT2D eigenvalue weighted by Crippen LogP contribution is 2.27. The summed E-state index contributed by atoms with van der Waals surface area (Å²) in [5.74, 6) is -0.202. The number of ether oxygens (including phenoxy) is 1. The van der Waals surface area contributed by atoms with Gasteiger partial charge in [-0.05, 0) is 25.0 Å². The maximum Gasteiger partial charge on any atom is 0.314 e. The lowest BCUT2D eigenvalue weighted by molar-refractivity contribution is -0.141. The lowest BCUT2D eigenvalue weighted by atomic mass is 9.86. The predicted molar refractivity (Wildman–Crippen MR) is 50.0 cm³/mol. The second-order valence-electron chi connectivity index (χ2n) is 3.41. The molecular weight excluding hydrogens is 182 g/mol. The first-order valence-corrected chi connectivity index (χ1v) is 4.67. The molecule has 1 aromatic heterocycles. The van der Waals surface area contributed by atoms with Gasteiger partial charge < -0.3 is 9.72 Å². The van der Waals surface area contributed by atoms with Crippen molar-refractivity contribution in [2.24, 2.45) is 5.92 Å². The zero-order valence-electron chi connectivity index (χ0n) is 7.66. The van der Waals surface area contributed by atoms with Crippen molar-refractivity contribution < 1.29 is 9.53 Å². The molecule has 14 heavy (non-hydrogen) atoms. The van der Waals surface area contributed by atoms with Crippen molar-refractivity contribution in [3.05, 3.63) is 28.7 Å². The molecule has 1 heterocycles. The maximum atomic E-state index is 11.4. The van der Waals surface area contributed by atoms with E-state index in [-0.39, 0.29) is 23.2 Å². The van der Waals surface area contributed by atoms with Crippen LogP contribution in [0.5, 0.6) is 5.75 Å². The third-order valence-electron chi connectivity index (χ3n) is 2.43. The SMILES string of the molecule is O=C(Oc1ccc[nH]c1=O)C1CCC1. The Kier molecular flexibility index (Phi) is 2.35. The second kappa shape index (κ2) is 3.65. The van der Waals surface area contributed by atoms with Gasteiger partial charge in [0.15, 0.2) is 5.75 Å². The number of esters is 1. The van der Waals surface area contributed by atoms with Crippen molar-refractivity contribution in [3.63, 3.8) is 0 Å². The second-order valence-corrected chi connectivity index (χ2v) is 3.41. The van der Waals surface area contributed by atoms with Crippen LogP contribution < -0.4 is 10.3 Å². The molecule has 1 saturated carbocycles. The molecular formula is C10H11NO3. The molecule has 0 saturated heterocycles. The van der Waals surface area contributed by atoms with Gasteiger partial charge in [0.1, 0.15) is 0 Å². The van der Waals surface area contributed by atoms with Crippen molar-refractivity contribution in [1.29, 1.82) is 0 Å². The quantitative estimate of drug-likeness (QED) is 0.715. The number of carbonyl (C=O) groups excluding carboxylic acids is 1. The molecule has 74 valence electrons. The van der Waals surface area contributed by atoms with E-state index >= 15 is 0 Å². The molecule has 4 heteroatoms. The Morgan fingerprint density at radius 3 is 2.86 bits per heavy atom. The Morgan fingerprint density at radius 2 is 2.29 bits per heavy atom. The van der Waals surface area contributed by atoms with Gasteiger partial charge in [0.05, 0.1) is 5.92 Å². The summed E-state index contributed by atoms with van der Waals surface area (Å²) in [6, 6.07) is 3.13. The van der Waals surface area contributed by atoms with Gasteiger partial charge in [0, 0.05) is 6.20 Å². The van der Waals surface area contributed by atoms with Gasteiger partial charge in [0.2, 0.25) is 0 Å². The smallest absolute Gasteiger partial charge is 0.314 e. The Hall–Kier alpha value is -1.58. The fraction of sp³-hybridized carbons (Fsp3) is 0.400. The largest absolute Gasteiger partial charge is 0.420 e. The molecule has 0 aromatic carbocycles. The number of aromatic nitrogens is 1. The average Bonchev–Trinajstić information content (AvgIpc) is 2.05. The molecule has 0 unspecified atom stereocenters. The first-order chi connectivity index (χ1) is 6.77. The maximum absolute atomic E-state index is 11.4. The molecule has 1 aromatic rings. The third-order valence-corrected chi connectivity index (χ3v) is 2.43. The molecule has 4 nitrogen and oxygen atoms in total. The summed E-state index contributed by atoms with van der Waals surface area (Å²) >= 11 is 0. The van der Waals surface area contributed by atoms with E-state index in [0.717, 1.165) is 19.3 Å². The molecule has 1 aliphatic carbocycles. The number of pyridine rings is 1. The van der Waals surface area contributed by atoms with Gasteiger partial charge in [-0.1, -0.05) is 6.42 Å². The van der Waals surface area contributed by atoms with E-state index in [1.54, 1.807) is 6.07 Å². The van der Waals surface area contributed by atoms with E-state index in [9.17, 15) is 9.59 Å². The third kappa shape index (κ3) is 1.69. The lowest BCUT2D eigenvalue weighted by Gasteiger charge is -2.22. The van der Waals surface area contributed by atoms with Gasteiger partial charge >= 0.3 is 5.97 Å². The van der Waals surface area contributed by atoms with Crippen molar-refractivity contribution in [1.82, 2.24) is 4.98 Å². The van der Waals surface area contributed by atoms with Crippen LogP contribution in [-0.2, 0) is 4.79 Å². The van der Waals surface area contributed by atoms with Gasteiger partial charge in [-0.25, -0.2) is 0 Å². The minimum absolute atomic E-state index is 0.00499. The Balaban J connectivity index is 2.06. The highest BCUT2D eigenvalue weighted by atomic mass is 16.5. The standard InChI is InChI=1S/C10H11NO3/c12-9-8(5-2-6-11-9)14-10(13)7-3-1-4-7/h2,5-7H,1,3-4H2,(H,11,12). The highest BCUT2D eigenvalue weighted by Gasteiger charge is 2.27. The van der Waals surface area contributed by atoms with E-state index in [1.165, 1.54) is 12.3 Å². The summed E-state index contributed by atoms with van der Waals surface area (Å²) in [6.45, 7) is 0. The van der Waals surface area contributed by atoms with Crippen molar-refractivity contribution in [2.45, 2.75) is 19.3 Å². The fourth-order valence-corrected chi connectivity index (χ4v) is 1.32. The molecule has 0 spiro atoms. The minimum atomic E-state index is -0.361.